The number of carbonyl (C=O) groups excluding carboxylic acids is 3. The summed E-state index contributed by atoms with van der Waals surface area (Å²) in [5, 5.41) is 6.47. The summed E-state index contributed by atoms with van der Waals surface area (Å²) in [5.41, 5.74) is 1.98. The summed E-state index contributed by atoms with van der Waals surface area (Å²) >= 11 is 0. The molecule has 0 aliphatic carbocycles. The number of ether oxygens (including phenoxy) is 1. The Morgan fingerprint density at radius 2 is 2.11 bits per heavy atom. The molecule has 8 nitrogen and oxygen atoms in total. The van der Waals surface area contributed by atoms with Crippen molar-refractivity contribution >= 4 is 28.7 Å². The molecule has 0 bridgehead atoms. The number of imide groups is 1. The van der Waals surface area contributed by atoms with Crippen molar-refractivity contribution in [3.63, 3.8) is 0 Å². The number of nitrogens with zero attached hydrogens (tertiary/aromatic N) is 1. The number of methoxy groups -OCH3 is 1. The van der Waals surface area contributed by atoms with E-state index >= 15 is 0 Å². The Morgan fingerprint density at radius 3 is 2.82 bits per heavy atom. The predicted octanol–water partition coefficient (Wildman–Crippen LogP) is 1.94. The number of amides is 4. The molecule has 2 aromatic rings. The smallest absolute Gasteiger partial charge is 0.324 e. The van der Waals surface area contributed by atoms with Crippen LogP contribution in [-0.4, -0.2) is 53.5 Å². The van der Waals surface area contributed by atoms with Gasteiger partial charge in [-0.1, -0.05) is 0 Å². The molecule has 4 amide bonds. The molecule has 3 rings (SSSR count). The van der Waals surface area contributed by atoms with E-state index in [-0.39, 0.29) is 30.8 Å². The van der Waals surface area contributed by atoms with E-state index in [1.54, 1.807) is 7.11 Å². The lowest BCUT2D eigenvalue weighted by Gasteiger charge is -2.13. The summed E-state index contributed by atoms with van der Waals surface area (Å²) in [7, 11) is 1.61. The minimum atomic E-state index is -0.645. The zero-order chi connectivity index (χ0) is 20.3. The molecule has 0 saturated carbocycles. The van der Waals surface area contributed by atoms with E-state index < -0.39 is 12.1 Å². The summed E-state index contributed by atoms with van der Waals surface area (Å²) in [6, 6.07) is 4.74. The van der Waals surface area contributed by atoms with Crippen molar-refractivity contribution in [1.82, 2.24) is 20.5 Å². The molecule has 3 N–H and O–H groups in total. The molecule has 1 fully saturated rings. The van der Waals surface area contributed by atoms with Crippen LogP contribution in [0.5, 0.6) is 5.75 Å². The van der Waals surface area contributed by atoms with Gasteiger partial charge in [0, 0.05) is 36.1 Å². The zero-order valence-electron chi connectivity index (χ0n) is 16.4. The summed E-state index contributed by atoms with van der Waals surface area (Å²) in [6.45, 7) is 4.04. The maximum Gasteiger partial charge on any atom is 0.324 e. The van der Waals surface area contributed by atoms with Crippen molar-refractivity contribution in [3.8, 4) is 5.75 Å². The van der Waals surface area contributed by atoms with Crippen LogP contribution in [0.1, 0.15) is 32.3 Å². The first kappa shape index (κ1) is 19.7. The Labute approximate surface area is 163 Å². The van der Waals surface area contributed by atoms with Gasteiger partial charge in [0.2, 0.25) is 5.91 Å². The van der Waals surface area contributed by atoms with Gasteiger partial charge in [-0.15, -0.1) is 0 Å². The maximum absolute atomic E-state index is 12.6. The highest BCUT2D eigenvalue weighted by molar-refractivity contribution is 6.04. The fourth-order valence-corrected chi connectivity index (χ4v) is 3.38. The molecule has 1 saturated heterocycles. The minimum absolute atomic E-state index is 0.0488. The Morgan fingerprint density at radius 1 is 1.32 bits per heavy atom. The Hall–Kier alpha value is -3.03. The third-order valence-corrected chi connectivity index (χ3v) is 4.80. The van der Waals surface area contributed by atoms with Crippen molar-refractivity contribution < 1.29 is 19.1 Å². The van der Waals surface area contributed by atoms with Crippen LogP contribution >= 0.6 is 0 Å². The molecule has 1 unspecified atom stereocenters. The first-order valence-electron chi connectivity index (χ1n) is 9.44. The zero-order valence-corrected chi connectivity index (χ0v) is 16.4. The number of aromatic nitrogens is 1. The summed E-state index contributed by atoms with van der Waals surface area (Å²) in [5.74, 6) is 0.353. The molecule has 150 valence electrons. The van der Waals surface area contributed by atoms with Gasteiger partial charge in [-0.2, -0.15) is 0 Å². The van der Waals surface area contributed by atoms with Crippen LogP contribution in [0.15, 0.2) is 24.4 Å². The number of carbonyl (C=O) groups is 3. The van der Waals surface area contributed by atoms with E-state index in [4.69, 9.17) is 4.74 Å². The SMILES string of the molecule is COc1ccc2[nH]cc(CCN3C(=O)NC(CCC(=O)NC(C)C)C3=O)c2c1. The van der Waals surface area contributed by atoms with Gasteiger partial charge in [0.1, 0.15) is 11.8 Å². The Balaban J connectivity index is 1.60. The van der Waals surface area contributed by atoms with Gasteiger partial charge in [0.05, 0.1) is 7.11 Å². The predicted molar refractivity (Wildman–Crippen MR) is 105 cm³/mol. The average molecular weight is 386 g/mol. The molecular formula is C20H26N4O4. The molecule has 1 aliphatic heterocycles. The van der Waals surface area contributed by atoms with E-state index in [2.05, 4.69) is 15.6 Å². The molecule has 1 atom stereocenters. The highest BCUT2D eigenvalue weighted by Crippen LogP contribution is 2.24. The van der Waals surface area contributed by atoms with E-state index in [0.717, 1.165) is 22.2 Å². The third-order valence-electron chi connectivity index (χ3n) is 4.80. The van der Waals surface area contributed by atoms with Crippen molar-refractivity contribution in [2.24, 2.45) is 0 Å². The number of urea groups is 1. The molecule has 1 aromatic carbocycles. The molecular weight excluding hydrogens is 360 g/mol. The Bertz CT molecular complexity index is 889. The number of aromatic amines is 1. The number of nitrogens with one attached hydrogen (secondary N) is 3. The van der Waals surface area contributed by atoms with E-state index in [9.17, 15) is 14.4 Å². The van der Waals surface area contributed by atoms with Crippen LogP contribution in [-0.2, 0) is 16.0 Å². The molecule has 0 radical (unpaired) electrons. The molecule has 1 aliphatic rings. The lowest BCUT2D eigenvalue weighted by atomic mass is 10.1. The number of benzene rings is 1. The molecule has 0 spiro atoms. The fraction of sp³-hybridized carbons (Fsp3) is 0.450. The molecule has 28 heavy (non-hydrogen) atoms. The number of hydrogen-bond donors (Lipinski definition) is 3. The van der Waals surface area contributed by atoms with Crippen molar-refractivity contribution in [2.45, 2.75) is 45.2 Å². The molecule has 2 heterocycles. The van der Waals surface area contributed by atoms with Gasteiger partial charge in [-0.05, 0) is 50.5 Å². The number of hydrogen-bond acceptors (Lipinski definition) is 4. The van der Waals surface area contributed by atoms with Crippen molar-refractivity contribution in [2.75, 3.05) is 13.7 Å². The fourth-order valence-electron chi connectivity index (χ4n) is 3.38. The van der Waals surface area contributed by atoms with E-state index in [1.165, 1.54) is 4.90 Å². The van der Waals surface area contributed by atoms with Crippen LogP contribution in [0.2, 0.25) is 0 Å². The van der Waals surface area contributed by atoms with Crippen molar-refractivity contribution in [1.29, 1.82) is 0 Å². The van der Waals surface area contributed by atoms with E-state index in [0.29, 0.717) is 12.8 Å². The largest absolute Gasteiger partial charge is 0.497 e. The van der Waals surface area contributed by atoms with Crippen LogP contribution in [0, 0.1) is 0 Å². The standard InChI is InChI=1S/C20H26N4O4/c1-12(2)22-18(25)7-6-17-19(26)24(20(27)23-17)9-8-13-11-21-16-5-4-14(28-3)10-15(13)16/h4-5,10-12,17,21H,6-9H2,1-3H3,(H,22,25)(H,23,27). The quantitative estimate of drug-likeness (QED) is 0.603. The second-order valence-electron chi connectivity index (χ2n) is 7.23. The lowest BCUT2D eigenvalue weighted by Crippen LogP contribution is -2.35. The first-order valence-corrected chi connectivity index (χ1v) is 9.44. The first-order chi connectivity index (χ1) is 13.4. The highest BCUT2D eigenvalue weighted by atomic mass is 16.5. The lowest BCUT2D eigenvalue weighted by molar-refractivity contribution is -0.127. The average Bonchev–Trinajstić information content (AvgIpc) is 3.18. The van der Waals surface area contributed by atoms with Gasteiger partial charge >= 0.3 is 6.03 Å². The number of fused-ring (bicyclic) bond motifs is 1. The van der Waals surface area contributed by atoms with Gasteiger partial charge in [0.15, 0.2) is 0 Å². The monoisotopic (exact) mass is 386 g/mol. The van der Waals surface area contributed by atoms with Crippen molar-refractivity contribution in [3.05, 3.63) is 30.0 Å². The van der Waals surface area contributed by atoms with E-state index in [1.807, 2.05) is 38.2 Å². The number of H-pyrrole nitrogens is 1. The minimum Gasteiger partial charge on any atom is -0.497 e. The van der Waals surface area contributed by atoms with Crippen LogP contribution in [0.4, 0.5) is 4.79 Å². The van der Waals surface area contributed by atoms with Crippen LogP contribution < -0.4 is 15.4 Å². The van der Waals surface area contributed by atoms with Gasteiger partial charge in [-0.3, -0.25) is 14.5 Å². The molecule has 8 heteroatoms. The Kier molecular flexibility index (Phi) is 5.87. The summed E-state index contributed by atoms with van der Waals surface area (Å²) < 4.78 is 5.27. The van der Waals surface area contributed by atoms with Crippen LogP contribution in [0.25, 0.3) is 10.9 Å². The van der Waals surface area contributed by atoms with Gasteiger partial charge in [0.25, 0.3) is 5.91 Å². The maximum atomic E-state index is 12.6. The summed E-state index contributed by atoms with van der Waals surface area (Å²) in [4.78, 5) is 41.0. The second kappa shape index (κ2) is 8.33. The summed E-state index contributed by atoms with van der Waals surface area (Å²) in [6.07, 6.45) is 2.91. The number of rotatable bonds is 8. The third kappa shape index (κ3) is 4.27. The van der Waals surface area contributed by atoms with Crippen LogP contribution in [0.3, 0.4) is 0 Å². The molecule has 1 aromatic heterocycles. The topological polar surface area (TPSA) is 104 Å². The normalized spacial score (nSPS) is 16.7. The second-order valence-corrected chi connectivity index (χ2v) is 7.23. The highest BCUT2D eigenvalue weighted by Gasteiger charge is 2.37. The van der Waals surface area contributed by atoms with Gasteiger partial charge in [-0.25, -0.2) is 4.79 Å². The van der Waals surface area contributed by atoms with Gasteiger partial charge < -0.3 is 20.4 Å².